The minimum atomic E-state index is -0.364. The normalized spacial score (nSPS) is 14.9. The highest BCUT2D eigenvalue weighted by Crippen LogP contribution is 2.30. The van der Waals surface area contributed by atoms with E-state index in [1.165, 1.54) is 21.9 Å². The Balaban J connectivity index is 1.79. The Kier molecular flexibility index (Phi) is 4.31. The number of fused-ring (bicyclic) bond motifs is 1. The Hall–Kier alpha value is -2.18. The van der Waals surface area contributed by atoms with E-state index < -0.39 is 0 Å². The number of amides is 1. The van der Waals surface area contributed by atoms with Gasteiger partial charge in [0, 0.05) is 28.2 Å². The molecule has 0 bridgehead atoms. The van der Waals surface area contributed by atoms with E-state index in [0.29, 0.717) is 15.7 Å². The Labute approximate surface area is 153 Å². The first-order valence-corrected chi connectivity index (χ1v) is 9.46. The third kappa shape index (κ3) is 2.96. The average Bonchev–Trinajstić information content (AvgIpc) is 3.25. The zero-order valence-corrected chi connectivity index (χ0v) is 14.9. The third-order valence-electron chi connectivity index (χ3n) is 4.53. The molecule has 0 aliphatic heterocycles. The molecule has 1 aliphatic rings. The zero-order valence-electron chi connectivity index (χ0n) is 13.4. The highest BCUT2D eigenvalue weighted by molar-refractivity contribution is 7.15. The first-order valence-electron chi connectivity index (χ1n) is 8.20. The van der Waals surface area contributed by atoms with E-state index in [-0.39, 0.29) is 23.1 Å². The number of carbonyl (C=O) groups excluding carboxylic acids is 1. The lowest BCUT2D eigenvalue weighted by Crippen LogP contribution is -2.37. The van der Waals surface area contributed by atoms with Gasteiger partial charge in [0.2, 0.25) is 0 Å². The van der Waals surface area contributed by atoms with Crippen molar-refractivity contribution in [3.05, 3.63) is 56.8 Å². The average molecular weight is 374 g/mol. The molecular weight excluding hydrogens is 358 g/mol. The number of halogens is 1. The molecule has 5 nitrogen and oxygen atoms in total. The number of carbonyl (C=O) groups is 1. The Bertz CT molecular complexity index is 1000. The van der Waals surface area contributed by atoms with Crippen LogP contribution in [0.4, 0.5) is 0 Å². The van der Waals surface area contributed by atoms with Crippen LogP contribution >= 0.6 is 22.9 Å². The predicted molar refractivity (Wildman–Crippen MR) is 99.5 cm³/mol. The number of thiazole rings is 1. The van der Waals surface area contributed by atoms with E-state index in [4.69, 9.17) is 11.6 Å². The first-order chi connectivity index (χ1) is 12.1. The van der Waals surface area contributed by atoms with Gasteiger partial charge >= 0.3 is 0 Å². The molecule has 4 rings (SSSR count). The molecule has 1 aromatic carbocycles. The maximum atomic E-state index is 12.9. The largest absolute Gasteiger partial charge is 0.349 e. The van der Waals surface area contributed by atoms with Crippen LogP contribution in [0.3, 0.4) is 0 Å². The highest BCUT2D eigenvalue weighted by Gasteiger charge is 2.22. The third-order valence-corrected chi connectivity index (χ3v) is 5.70. The van der Waals surface area contributed by atoms with E-state index in [1.54, 1.807) is 6.07 Å². The van der Waals surface area contributed by atoms with Gasteiger partial charge in [0.15, 0.2) is 4.96 Å². The lowest BCUT2D eigenvalue weighted by molar-refractivity contribution is 0.0936. The lowest BCUT2D eigenvalue weighted by atomic mass is 10.1. The Morgan fingerprint density at radius 2 is 2.04 bits per heavy atom. The number of hydrogen-bond acceptors (Lipinski definition) is 4. The van der Waals surface area contributed by atoms with Crippen LogP contribution in [0.2, 0.25) is 5.02 Å². The van der Waals surface area contributed by atoms with E-state index in [1.807, 2.05) is 23.6 Å². The smallest absolute Gasteiger partial charge is 0.271 e. The predicted octanol–water partition coefficient (Wildman–Crippen LogP) is 3.75. The van der Waals surface area contributed by atoms with Crippen LogP contribution in [0.1, 0.15) is 36.0 Å². The summed E-state index contributed by atoms with van der Waals surface area (Å²) in [4.78, 5) is 30.3. The summed E-state index contributed by atoms with van der Waals surface area (Å²) in [7, 11) is 0. The van der Waals surface area contributed by atoms with Gasteiger partial charge in [-0.1, -0.05) is 42.6 Å². The molecule has 1 aliphatic carbocycles. The van der Waals surface area contributed by atoms with Crippen LogP contribution in [0.25, 0.3) is 16.2 Å². The minimum absolute atomic E-state index is 0.0658. The maximum absolute atomic E-state index is 12.9. The quantitative estimate of drug-likeness (QED) is 0.760. The minimum Gasteiger partial charge on any atom is -0.349 e. The molecule has 2 aromatic heterocycles. The SMILES string of the molecule is O=C(NC1CCCC1)c1cnc2scc(-c3ccccc3Cl)n2c1=O. The monoisotopic (exact) mass is 373 g/mol. The topological polar surface area (TPSA) is 63.5 Å². The van der Waals surface area contributed by atoms with Crippen molar-refractivity contribution in [2.24, 2.45) is 0 Å². The Morgan fingerprint density at radius 3 is 2.80 bits per heavy atom. The summed E-state index contributed by atoms with van der Waals surface area (Å²) in [5, 5.41) is 5.34. The van der Waals surface area contributed by atoms with Gasteiger partial charge in [-0.15, -0.1) is 11.3 Å². The molecule has 0 saturated heterocycles. The molecule has 1 N–H and O–H groups in total. The van der Waals surface area contributed by atoms with Crippen molar-refractivity contribution in [2.75, 3.05) is 0 Å². The fourth-order valence-corrected chi connectivity index (χ4v) is 4.32. The van der Waals surface area contributed by atoms with Crippen molar-refractivity contribution in [3.8, 4) is 11.3 Å². The molecular formula is C18H16ClN3O2S. The molecule has 128 valence electrons. The van der Waals surface area contributed by atoms with Crippen LogP contribution in [0, 0.1) is 0 Å². The number of rotatable bonds is 3. The van der Waals surface area contributed by atoms with Crippen molar-refractivity contribution < 1.29 is 4.79 Å². The number of hydrogen-bond donors (Lipinski definition) is 1. The van der Waals surface area contributed by atoms with Crippen LogP contribution in [-0.4, -0.2) is 21.3 Å². The summed E-state index contributed by atoms with van der Waals surface area (Å²) in [6.45, 7) is 0. The second kappa shape index (κ2) is 6.61. The molecule has 25 heavy (non-hydrogen) atoms. The fourth-order valence-electron chi connectivity index (χ4n) is 3.24. The summed E-state index contributed by atoms with van der Waals surface area (Å²) in [6.07, 6.45) is 5.53. The standard InChI is InChI=1S/C18H16ClN3O2S/c19-14-8-4-3-7-12(14)15-10-25-18-20-9-13(17(24)22(15)18)16(23)21-11-5-1-2-6-11/h3-4,7-11H,1-2,5-6H2,(H,21,23). The molecule has 1 amide bonds. The van der Waals surface area contributed by atoms with Crippen molar-refractivity contribution in [3.63, 3.8) is 0 Å². The van der Waals surface area contributed by atoms with E-state index >= 15 is 0 Å². The number of aromatic nitrogens is 2. The van der Waals surface area contributed by atoms with E-state index in [9.17, 15) is 9.59 Å². The molecule has 1 fully saturated rings. The molecule has 0 atom stereocenters. The van der Waals surface area contributed by atoms with Crippen LogP contribution in [0.5, 0.6) is 0 Å². The maximum Gasteiger partial charge on any atom is 0.271 e. The van der Waals surface area contributed by atoms with Crippen LogP contribution in [-0.2, 0) is 0 Å². The first kappa shape index (κ1) is 16.3. The second-order valence-corrected chi connectivity index (χ2v) is 7.39. The molecule has 2 heterocycles. The van der Waals surface area contributed by atoms with Crippen molar-refractivity contribution in [2.45, 2.75) is 31.7 Å². The van der Waals surface area contributed by atoms with Gasteiger partial charge in [0.1, 0.15) is 5.56 Å². The fraction of sp³-hybridized carbons (Fsp3) is 0.278. The number of nitrogens with zero attached hydrogens (tertiary/aromatic N) is 2. The summed E-state index contributed by atoms with van der Waals surface area (Å²) in [5.41, 5.74) is 1.10. The molecule has 0 spiro atoms. The Morgan fingerprint density at radius 1 is 1.28 bits per heavy atom. The highest BCUT2D eigenvalue weighted by atomic mass is 35.5. The second-order valence-electron chi connectivity index (χ2n) is 6.15. The van der Waals surface area contributed by atoms with Gasteiger partial charge in [0.25, 0.3) is 11.5 Å². The molecule has 3 aromatic rings. The van der Waals surface area contributed by atoms with Crippen molar-refractivity contribution in [1.82, 2.24) is 14.7 Å². The van der Waals surface area contributed by atoms with Gasteiger partial charge in [-0.25, -0.2) is 4.98 Å². The van der Waals surface area contributed by atoms with Crippen molar-refractivity contribution in [1.29, 1.82) is 0 Å². The van der Waals surface area contributed by atoms with E-state index in [2.05, 4.69) is 10.3 Å². The number of benzene rings is 1. The lowest BCUT2D eigenvalue weighted by Gasteiger charge is -2.11. The summed E-state index contributed by atoms with van der Waals surface area (Å²) >= 11 is 7.62. The molecule has 0 radical (unpaired) electrons. The number of nitrogens with one attached hydrogen (secondary N) is 1. The van der Waals surface area contributed by atoms with Crippen LogP contribution < -0.4 is 10.9 Å². The summed E-state index contributed by atoms with van der Waals surface area (Å²) in [5.74, 6) is -0.352. The van der Waals surface area contributed by atoms with Gasteiger partial charge < -0.3 is 5.32 Å². The van der Waals surface area contributed by atoms with Crippen LogP contribution in [0.15, 0.2) is 40.6 Å². The summed E-state index contributed by atoms with van der Waals surface area (Å²) < 4.78 is 1.47. The summed E-state index contributed by atoms with van der Waals surface area (Å²) in [6, 6.07) is 7.47. The van der Waals surface area contributed by atoms with Gasteiger partial charge in [-0.05, 0) is 18.9 Å². The molecule has 1 saturated carbocycles. The van der Waals surface area contributed by atoms with E-state index in [0.717, 1.165) is 31.2 Å². The zero-order chi connectivity index (χ0) is 17.4. The van der Waals surface area contributed by atoms with Gasteiger partial charge in [-0.2, -0.15) is 0 Å². The van der Waals surface area contributed by atoms with Gasteiger partial charge in [-0.3, -0.25) is 14.0 Å². The van der Waals surface area contributed by atoms with Crippen molar-refractivity contribution >= 4 is 33.8 Å². The molecule has 0 unspecified atom stereocenters. The van der Waals surface area contributed by atoms with Gasteiger partial charge in [0.05, 0.1) is 5.69 Å². The molecule has 7 heteroatoms.